The van der Waals surface area contributed by atoms with Gasteiger partial charge >= 0.3 is 12.5 Å². The van der Waals surface area contributed by atoms with Gasteiger partial charge in [-0.15, -0.1) is 0 Å². The number of nitrogens with one attached hydrogen (secondary N) is 1. The molecule has 2 heterocycles. The van der Waals surface area contributed by atoms with Gasteiger partial charge in [-0.05, 0) is 0 Å². The molecule has 2 aromatic rings. The van der Waals surface area contributed by atoms with Crippen molar-refractivity contribution in [1.82, 2.24) is 19.9 Å². The Balaban J connectivity index is 2.52. The second kappa shape index (κ2) is 2.57. The minimum absolute atomic E-state index is 0.0400. The smallest absolute Gasteiger partial charge is 0.382 e. The molecule has 0 aromatic carbocycles. The van der Waals surface area contributed by atoms with E-state index in [0.29, 0.717) is 11.2 Å². The summed E-state index contributed by atoms with van der Waals surface area (Å²) in [5, 5.41) is 0. The van der Waals surface area contributed by atoms with Crippen molar-refractivity contribution in [3.63, 3.8) is 0 Å². The summed E-state index contributed by atoms with van der Waals surface area (Å²) in [6, 6.07) is -0.0400. The number of hydrogen-bond acceptors (Lipinski definition) is 5. The minimum atomic E-state index is -0.0400. The van der Waals surface area contributed by atoms with Crippen LogP contribution in [0.25, 0.3) is 11.2 Å². The summed E-state index contributed by atoms with van der Waals surface area (Å²) in [5.41, 5.74) is 1.14. The molecule has 0 bridgehead atoms. The number of rotatable bonds is 2. The third-order valence-electron chi connectivity index (χ3n) is 1.29. The Bertz CT molecular complexity index is 411. The van der Waals surface area contributed by atoms with Gasteiger partial charge in [0.25, 0.3) is 0 Å². The Morgan fingerprint density at radius 1 is 1.50 bits per heavy atom. The van der Waals surface area contributed by atoms with E-state index in [-0.39, 0.29) is 6.01 Å². The van der Waals surface area contributed by atoms with Crippen molar-refractivity contribution in [3.05, 3.63) is 12.5 Å². The highest BCUT2D eigenvalue weighted by Crippen LogP contribution is 2.07. The first kappa shape index (κ1) is 6.71. The summed E-state index contributed by atoms with van der Waals surface area (Å²) in [4.78, 5) is 23.9. The normalized spacial score (nSPS) is 10.0. The van der Waals surface area contributed by atoms with E-state index in [1.165, 1.54) is 19.0 Å². The van der Waals surface area contributed by atoms with Gasteiger partial charge in [0.15, 0.2) is 5.65 Å². The number of carbonyl (C=O) groups excluding carboxylic acids is 1. The number of nitrogens with zero attached hydrogens (tertiary/aromatic N) is 3. The number of ether oxygens (including phenoxy) is 1. The molecule has 0 aliphatic heterocycles. The largest absolute Gasteiger partial charge is 0.425 e. The van der Waals surface area contributed by atoms with Gasteiger partial charge in [-0.1, -0.05) is 0 Å². The summed E-state index contributed by atoms with van der Waals surface area (Å²) in [5.74, 6) is 0. The molecule has 0 spiro atoms. The Labute approximate surface area is 66.6 Å². The molecule has 6 heteroatoms. The van der Waals surface area contributed by atoms with Gasteiger partial charge < -0.3 is 9.72 Å². The van der Waals surface area contributed by atoms with E-state index in [0.717, 1.165) is 0 Å². The van der Waals surface area contributed by atoms with Crippen LogP contribution in [0, 0.1) is 0 Å². The fourth-order valence-corrected chi connectivity index (χ4v) is 0.809. The van der Waals surface area contributed by atoms with Crippen LogP contribution >= 0.6 is 0 Å². The topological polar surface area (TPSA) is 80.8 Å². The molecule has 0 aliphatic carbocycles. The van der Waals surface area contributed by atoms with E-state index in [9.17, 15) is 4.79 Å². The monoisotopic (exact) mass is 163 g/mol. The third-order valence-corrected chi connectivity index (χ3v) is 1.29. The molecule has 12 heavy (non-hydrogen) atoms. The van der Waals surface area contributed by atoms with Crippen LogP contribution in [-0.2, 0) is 4.79 Å². The van der Waals surface area contributed by atoms with Crippen LogP contribution < -0.4 is 4.74 Å². The third kappa shape index (κ3) is 0.986. The molecule has 0 unspecified atom stereocenters. The molecule has 1 N–H and O–H groups in total. The predicted octanol–water partition coefficient (Wildman–Crippen LogP) is -0.201. The van der Waals surface area contributed by atoms with Gasteiger partial charge in [0.2, 0.25) is 0 Å². The standard InChI is InChI=1S/C6H3N4O2/c11-3-12-6-7-1-4-5(10-6)9-2-8-4/h1-2H,(H,7,8,9,10). The highest BCUT2D eigenvalue weighted by molar-refractivity contribution is 5.68. The van der Waals surface area contributed by atoms with Crippen LogP contribution in [0.1, 0.15) is 0 Å². The summed E-state index contributed by atoms with van der Waals surface area (Å²) < 4.78 is 4.31. The molecule has 0 amide bonds. The Hall–Kier alpha value is -1.98. The first-order valence-electron chi connectivity index (χ1n) is 3.10. The van der Waals surface area contributed by atoms with Gasteiger partial charge in [-0.3, -0.25) is 0 Å². The lowest BCUT2D eigenvalue weighted by atomic mass is 10.6. The fraction of sp³-hybridized carbons (Fsp3) is 0. The van der Waals surface area contributed by atoms with Crippen molar-refractivity contribution in [2.24, 2.45) is 0 Å². The highest BCUT2D eigenvalue weighted by Gasteiger charge is 2.01. The van der Waals surface area contributed by atoms with Gasteiger partial charge in [0, 0.05) is 0 Å². The second-order valence-corrected chi connectivity index (χ2v) is 1.97. The molecule has 6 nitrogen and oxygen atoms in total. The molecule has 0 aliphatic rings. The first-order chi connectivity index (χ1) is 5.90. The van der Waals surface area contributed by atoms with E-state index in [4.69, 9.17) is 0 Å². The lowest BCUT2D eigenvalue weighted by Crippen LogP contribution is -1.94. The van der Waals surface area contributed by atoms with Crippen LogP contribution in [0.15, 0.2) is 12.5 Å². The fourth-order valence-electron chi connectivity index (χ4n) is 0.809. The molecule has 0 saturated carbocycles. The van der Waals surface area contributed by atoms with Crippen LogP contribution in [0.5, 0.6) is 6.01 Å². The first-order valence-corrected chi connectivity index (χ1v) is 3.10. The van der Waals surface area contributed by atoms with Crippen molar-refractivity contribution < 1.29 is 9.53 Å². The molecule has 59 valence electrons. The van der Waals surface area contributed by atoms with Crippen molar-refractivity contribution in [2.45, 2.75) is 0 Å². The maximum atomic E-state index is 9.80. The number of H-pyrrole nitrogens is 1. The van der Waals surface area contributed by atoms with Crippen LogP contribution in [0.3, 0.4) is 0 Å². The molecule has 0 fully saturated rings. The number of aromatic nitrogens is 4. The molecule has 2 rings (SSSR count). The van der Waals surface area contributed by atoms with Gasteiger partial charge in [0.1, 0.15) is 5.52 Å². The summed E-state index contributed by atoms with van der Waals surface area (Å²) in [6.07, 6.45) is 2.93. The summed E-state index contributed by atoms with van der Waals surface area (Å²) in [7, 11) is 0. The lowest BCUT2D eigenvalue weighted by Gasteiger charge is -1.91. The van der Waals surface area contributed by atoms with E-state index < -0.39 is 0 Å². The zero-order valence-corrected chi connectivity index (χ0v) is 5.81. The highest BCUT2D eigenvalue weighted by atomic mass is 16.5. The van der Waals surface area contributed by atoms with Gasteiger partial charge in [0.05, 0.1) is 12.5 Å². The molecular formula is C6H3N4O2. The molecular weight excluding hydrogens is 160 g/mol. The molecule has 2 aromatic heterocycles. The quantitative estimate of drug-likeness (QED) is 0.662. The number of hydrogen-bond donors (Lipinski definition) is 1. The average Bonchev–Trinajstić information content (AvgIpc) is 2.51. The average molecular weight is 163 g/mol. The minimum Gasteiger partial charge on any atom is -0.382 e. The van der Waals surface area contributed by atoms with E-state index in [1.807, 2.05) is 0 Å². The van der Waals surface area contributed by atoms with Crippen molar-refractivity contribution in [1.29, 1.82) is 0 Å². The predicted molar refractivity (Wildman–Crippen MR) is 38.0 cm³/mol. The summed E-state index contributed by atoms with van der Waals surface area (Å²) >= 11 is 0. The number of imidazole rings is 1. The van der Waals surface area contributed by atoms with Crippen LogP contribution in [-0.4, -0.2) is 26.4 Å². The Morgan fingerprint density at radius 2 is 2.42 bits per heavy atom. The molecule has 1 radical (unpaired) electrons. The van der Waals surface area contributed by atoms with Crippen molar-refractivity contribution in [3.8, 4) is 6.01 Å². The van der Waals surface area contributed by atoms with Crippen molar-refractivity contribution >= 4 is 17.6 Å². The van der Waals surface area contributed by atoms with E-state index >= 15 is 0 Å². The zero-order chi connectivity index (χ0) is 8.39. The number of fused-ring (bicyclic) bond motifs is 1. The molecule has 0 saturated heterocycles. The van der Waals surface area contributed by atoms with Crippen LogP contribution in [0.4, 0.5) is 0 Å². The van der Waals surface area contributed by atoms with E-state index in [2.05, 4.69) is 24.7 Å². The Kier molecular flexibility index (Phi) is 1.44. The summed E-state index contributed by atoms with van der Waals surface area (Å²) in [6.45, 7) is 1.23. The molecule has 0 atom stereocenters. The van der Waals surface area contributed by atoms with Gasteiger partial charge in [-0.2, -0.15) is 4.98 Å². The maximum absolute atomic E-state index is 9.80. The maximum Gasteiger partial charge on any atom is 0.425 e. The zero-order valence-electron chi connectivity index (χ0n) is 5.81. The van der Waals surface area contributed by atoms with Crippen molar-refractivity contribution in [2.75, 3.05) is 0 Å². The van der Waals surface area contributed by atoms with Crippen LogP contribution in [0.2, 0.25) is 0 Å². The second-order valence-electron chi connectivity index (χ2n) is 1.97. The van der Waals surface area contributed by atoms with E-state index in [1.54, 1.807) is 0 Å². The SMILES string of the molecule is O=[C]Oc1ncc2nc[nH]c2n1. The van der Waals surface area contributed by atoms with Gasteiger partial charge in [-0.25, -0.2) is 14.8 Å². The lowest BCUT2D eigenvalue weighted by molar-refractivity contribution is 0.423. The number of aromatic amines is 1. The Morgan fingerprint density at radius 3 is 3.25 bits per heavy atom.